The molecule has 0 aromatic heterocycles. The number of benzene rings is 1. The van der Waals surface area contributed by atoms with Gasteiger partial charge in [0, 0.05) is 12.0 Å². The van der Waals surface area contributed by atoms with Crippen molar-refractivity contribution in [3.63, 3.8) is 0 Å². The zero-order valence-corrected chi connectivity index (χ0v) is 11.2. The van der Waals surface area contributed by atoms with Gasteiger partial charge in [-0.05, 0) is 36.6 Å². The molecule has 1 aromatic carbocycles. The van der Waals surface area contributed by atoms with E-state index in [0.29, 0.717) is 5.56 Å². The van der Waals surface area contributed by atoms with Crippen LogP contribution in [0.15, 0.2) is 41.9 Å². The topological polar surface area (TPSA) is 121 Å². The van der Waals surface area contributed by atoms with E-state index in [-0.39, 0.29) is 35.9 Å². The van der Waals surface area contributed by atoms with Gasteiger partial charge in [0.25, 0.3) is 0 Å². The molecule has 6 N–H and O–H groups in total. The Hall–Kier alpha value is -2.18. The van der Waals surface area contributed by atoms with E-state index < -0.39 is 18.1 Å². The summed E-state index contributed by atoms with van der Waals surface area (Å²) < 4.78 is 0. The van der Waals surface area contributed by atoms with Gasteiger partial charge in [-0.25, -0.2) is 0 Å². The number of aromatic hydroxyl groups is 2. The van der Waals surface area contributed by atoms with Gasteiger partial charge in [-0.2, -0.15) is 0 Å². The fourth-order valence-electron chi connectivity index (χ4n) is 2.38. The maximum atomic E-state index is 10.0. The first-order chi connectivity index (χ1) is 9.86. The second-order valence-electron chi connectivity index (χ2n) is 5.17. The Kier molecular flexibility index (Phi) is 4.40. The number of rotatable bonds is 4. The summed E-state index contributed by atoms with van der Waals surface area (Å²) >= 11 is 0. The van der Waals surface area contributed by atoms with Crippen molar-refractivity contribution in [3.05, 3.63) is 47.4 Å². The molecule has 1 aliphatic carbocycles. The van der Waals surface area contributed by atoms with E-state index >= 15 is 0 Å². The summed E-state index contributed by atoms with van der Waals surface area (Å²) in [6, 6.07) is 4.24. The lowest BCUT2D eigenvalue weighted by atomic mass is 9.88. The molecule has 0 bridgehead atoms. The average molecular weight is 294 g/mol. The fraction of sp³-hybridized carbons (Fsp3) is 0.333. The molecule has 6 heteroatoms. The average Bonchev–Trinajstić information content (AvgIpc) is 2.38. The number of aliphatic hydroxyl groups is 4. The van der Waals surface area contributed by atoms with Crippen LogP contribution < -0.4 is 0 Å². The maximum absolute atomic E-state index is 10.0. The first-order valence-corrected chi connectivity index (χ1v) is 6.55. The van der Waals surface area contributed by atoms with E-state index in [1.54, 1.807) is 6.07 Å². The molecule has 0 heterocycles. The second-order valence-corrected chi connectivity index (χ2v) is 5.17. The maximum Gasteiger partial charge on any atom is 0.157 e. The third-order valence-electron chi connectivity index (χ3n) is 3.47. The van der Waals surface area contributed by atoms with Crippen LogP contribution in [0.3, 0.4) is 0 Å². The Morgan fingerprint density at radius 1 is 1.05 bits per heavy atom. The molecule has 2 rings (SSSR count). The van der Waals surface area contributed by atoms with Crippen LogP contribution in [0.2, 0.25) is 0 Å². The Balaban J connectivity index is 2.00. The minimum Gasteiger partial charge on any atom is -0.512 e. The monoisotopic (exact) mass is 294 g/mol. The van der Waals surface area contributed by atoms with Gasteiger partial charge in [-0.1, -0.05) is 6.07 Å². The van der Waals surface area contributed by atoms with Crippen molar-refractivity contribution in [2.75, 3.05) is 0 Å². The molecule has 0 saturated heterocycles. The first kappa shape index (κ1) is 15.2. The normalized spacial score (nSPS) is 23.3. The van der Waals surface area contributed by atoms with E-state index in [1.165, 1.54) is 18.2 Å². The predicted octanol–water partition coefficient (Wildman–Crippen LogP) is 1.27. The van der Waals surface area contributed by atoms with Crippen molar-refractivity contribution in [2.45, 2.75) is 25.0 Å². The highest BCUT2D eigenvalue weighted by atomic mass is 16.3. The van der Waals surface area contributed by atoms with Gasteiger partial charge >= 0.3 is 0 Å². The molecule has 1 aromatic rings. The summed E-state index contributed by atoms with van der Waals surface area (Å²) in [5, 5.41) is 57.4. The molecule has 0 saturated carbocycles. The molecular formula is C15H18O6. The molecule has 6 nitrogen and oxygen atoms in total. The lowest BCUT2D eigenvalue weighted by Crippen LogP contribution is -2.28. The van der Waals surface area contributed by atoms with Crippen molar-refractivity contribution in [1.29, 1.82) is 0 Å². The molecule has 3 atom stereocenters. The van der Waals surface area contributed by atoms with Crippen LogP contribution in [0.25, 0.3) is 0 Å². The van der Waals surface area contributed by atoms with Crippen LogP contribution in [-0.4, -0.2) is 42.8 Å². The number of phenolic OH excluding ortho intramolecular Hbond substituents is 2. The van der Waals surface area contributed by atoms with Crippen LogP contribution in [0, 0.1) is 5.92 Å². The summed E-state index contributed by atoms with van der Waals surface area (Å²) in [6.45, 7) is 0. The molecule has 0 fully saturated rings. The third-order valence-corrected chi connectivity index (χ3v) is 3.47. The van der Waals surface area contributed by atoms with Crippen LogP contribution in [0.5, 0.6) is 11.5 Å². The molecule has 0 radical (unpaired) electrons. The molecule has 3 unspecified atom stereocenters. The van der Waals surface area contributed by atoms with E-state index in [2.05, 4.69) is 0 Å². The van der Waals surface area contributed by atoms with Gasteiger partial charge in [-0.15, -0.1) is 0 Å². The summed E-state index contributed by atoms with van der Waals surface area (Å²) in [4.78, 5) is 0. The minimum atomic E-state index is -1.07. The number of phenols is 2. The highest BCUT2D eigenvalue weighted by molar-refractivity contribution is 5.40. The molecule has 1 aliphatic rings. The second kappa shape index (κ2) is 6.07. The Bertz CT molecular complexity index is 578. The summed E-state index contributed by atoms with van der Waals surface area (Å²) in [7, 11) is 0. The predicted molar refractivity (Wildman–Crippen MR) is 75.0 cm³/mol. The standard InChI is InChI=1S/C15H18O6/c16-9(3-8-1-2-12(18)15(21)4-8)5-11-13(19)6-10(17)7-14(11)20/h1-2,4,6-7,9,11,13,16-21H,3,5H2. The van der Waals surface area contributed by atoms with Gasteiger partial charge in [-0.3, -0.25) is 0 Å². The largest absolute Gasteiger partial charge is 0.512 e. The van der Waals surface area contributed by atoms with Crippen LogP contribution in [0.1, 0.15) is 12.0 Å². The molecular weight excluding hydrogens is 276 g/mol. The molecule has 0 aliphatic heterocycles. The van der Waals surface area contributed by atoms with Gasteiger partial charge < -0.3 is 30.6 Å². The summed E-state index contributed by atoms with van der Waals surface area (Å²) in [5.41, 5.74) is 0.616. The van der Waals surface area contributed by atoms with Crippen molar-refractivity contribution in [2.24, 2.45) is 5.92 Å². The summed E-state index contributed by atoms with van der Waals surface area (Å²) in [5.74, 6) is -1.60. The Morgan fingerprint density at radius 2 is 1.76 bits per heavy atom. The van der Waals surface area contributed by atoms with Crippen molar-refractivity contribution >= 4 is 0 Å². The minimum absolute atomic E-state index is 0.0922. The SMILES string of the molecule is OC1=CC(O)C(CC(O)Cc2ccc(O)c(O)c2)C(O)=C1. The summed E-state index contributed by atoms with van der Waals surface area (Å²) in [6.07, 6.45) is 0.685. The third kappa shape index (κ3) is 3.68. The van der Waals surface area contributed by atoms with E-state index in [9.17, 15) is 30.6 Å². The van der Waals surface area contributed by atoms with Gasteiger partial charge in [0.15, 0.2) is 11.5 Å². The highest BCUT2D eigenvalue weighted by Gasteiger charge is 2.28. The van der Waals surface area contributed by atoms with Crippen LogP contribution in [-0.2, 0) is 6.42 Å². The first-order valence-electron chi connectivity index (χ1n) is 6.55. The van der Waals surface area contributed by atoms with Crippen LogP contribution in [0.4, 0.5) is 0 Å². The quantitative estimate of drug-likeness (QED) is 0.465. The van der Waals surface area contributed by atoms with Crippen molar-refractivity contribution in [1.82, 2.24) is 0 Å². The van der Waals surface area contributed by atoms with E-state index in [1.807, 2.05) is 0 Å². The van der Waals surface area contributed by atoms with E-state index in [4.69, 9.17) is 0 Å². The molecule has 0 amide bonds. The van der Waals surface area contributed by atoms with Crippen molar-refractivity contribution < 1.29 is 30.6 Å². The number of hydrogen-bond donors (Lipinski definition) is 6. The van der Waals surface area contributed by atoms with Crippen molar-refractivity contribution in [3.8, 4) is 11.5 Å². The highest BCUT2D eigenvalue weighted by Crippen LogP contribution is 2.29. The number of aliphatic hydroxyl groups excluding tert-OH is 4. The zero-order chi connectivity index (χ0) is 15.6. The van der Waals surface area contributed by atoms with Crippen LogP contribution >= 0.6 is 0 Å². The van der Waals surface area contributed by atoms with E-state index in [0.717, 1.165) is 6.08 Å². The van der Waals surface area contributed by atoms with Gasteiger partial charge in [0.05, 0.1) is 12.2 Å². The van der Waals surface area contributed by atoms with Gasteiger partial charge in [0.2, 0.25) is 0 Å². The lowest BCUT2D eigenvalue weighted by Gasteiger charge is -2.25. The Labute approximate surface area is 121 Å². The Morgan fingerprint density at radius 3 is 2.38 bits per heavy atom. The molecule has 0 spiro atoms. The van der Waals surface area contributed by atoms with Gasteiger partial charge in [0.1, 0.15) is 11.5 Å². The zero-order valence-electron chi connectivity index (χ0n) is 11.2. The fourth-order valence-corrected chi connectivity index (χ4v) is 2.38. The lowest BCUT2D eigenvalue weighted by molar-refractivity contribution is 0.0769. The smallest absolute Gasteiger partial charge is 0.157 e. The molecule has 114 valence electrons. The number of allylic oxidation sites excluding steroid dienone is 1. The molecule has 21 heavy (non-hydrogen) atoms. The number of hydrogen-bond acceptors (Lipinski definition) is 6.